The minimum atomic E-state index is 0.579. The van der Waals surface area contributed by atoms with E-state index < -0.39 is 0 Å². The third-order valence-electron chi connectivity index (χ3n) is 3.45. The van der Waals surface area contributed by atoms with E-state index >= 15 is 0 Å². The van der Waals surface area contributed by atoms with Crippen molar-refractivity contribution in [2.24, 2.45) is 0 Å². The molecule has 3 N–H and O–H groups in total. The highest BCUT2D eigenvalue weighted by Crippen LogP contribution is 2.17. The van der Waals surface area contributed by atoms with Crippen LogP contribution in [-0.2, 0) is 0 Å². The molecule has 0 unspecified atom stereocenters. The number of hydrogen-bond acceptors (Lipinski definition) is 2. The zero-order valence-corrected chi connectivity index (χ0v) is 12.1. The molecule has 1 saturated carbocycles. The highest BCUT2D eigenvalue weighted by Gasteiger charge is 2.13. The Morgan fingerprint density at radius 1 is 1.05 bits per heavy atom. The first-order valence-corrected chi connectivity index (χ1v) is 7.59. The Labute approximate surface area is 121 Å². The van der Waals surface area contributed by atoms with Crippen molar-refractivity contribution in [3.05, 3.63) is 30.3 Å². The van der Waals surface area contributed by atoms with Crippen molar-refractivity contribution in [1.82, 2.24) is 10.6 Å². The second-order valence-electron chi connectivity index (χ2n) is 5.03. The van der Waals surface area contributed by atoms with Crippen LogP contribution >= 0.6 is 12.2 Å². The second-order valence-corrected chi connectivity index (χ2v) is 5.44. The Morgan fingerprint density at radius 3 is 2.53 bits per heavy atom. The van der Waals surface area contributed by atoms with Gasteiger partial charge in [0.2, 0.25) is 0 Å². The summed E-state index contributed by atoms with van der Waals surface area (Å²) in [4.78, 5) is 0. The molecule has 0 aromatic heterocycles. The van der Waals surface area contributed by atoms with E-state index in [-0.39, 0.29) is 0 Å². The Kier molecular flexibility index (Phi) is 5.95. The lowest BCUT2D eigenvalue weighted by molar-refractivity contribution is 0.412. The normalized spacial score (nSPS) is 15.8. The van der Waals surface area contributed by atoms with Crippen LogP contribution in [0, 0.1) is 0 Å². The monoisotopic (exact) mass is 277 g/mol. The van der Waals surface area contributed by atoms with Gasteiger partial charge in [-0.2, -0.15) is 0 Å². The van der Waals surface area contributed by atoms with Crippen LogP contribution < -0.4 is 16.0 Å². The maximum Gasteiger partial charge on any atom is 0.166 e. The van der Waals surface area contributed by atoms with Crippen molar-refractivity contribution in [1.29, 1.82) is 0 Å². The molecule has 1 aromatic carbocycles. The molecule has 1 aliphatic rings. The van der Waals surface area contributed by atoms with Gasteiger partial charge in [0, 0.05) is 24.8 Å². The summed E-state index contributed by atoms with van der Waals surface area (Å²) in [5.41, 5.74) is 1.15. The number of rotatable bonds is 5. The highest BCUT2D eigenvalue weighted by atomic mass is 32.1. The minimum absolute atomic E-state index is 0.579. The largest absolute Gasteiger partial charge is 0.383 e. The molecule has 1 fully saturated rings. The van der Waals surface area contributed by atoms with Gasteiger partial charge in [-0.3, -0.25) is 0 Å². The van der Waals surface area contributed by atoms with Crippen LogP contribution in [0.1, 0.15) is 32.1 Å². The molecule has 0 atom stereocenters. The SMILES string of the molecule is S=C(NCCNc1ccccc1)NC1CCCCC1. The van der Waals surface area contributed by atoms with Crippen LogP contribution in [-0.4, -0.2) is 24.2 Å². The summed E-state index contributed by atoms with van der Waals surface area (Å²) in [6.45, 7) is 1.71. The molecule has 0 heterocycles. The number of anilines is 1. The predicted octanol–water partition coefficient (Wildman–Crippen LogP) is 2.90. The molecular weight excluding hydrogens is 254 g/mol. The lowest BCUT2D eigenvalue weighted by Gasteiger charge is -2.24. The molecule has 0 bridgehead atoms. The molecule has 0 saturated heterocycles. The van der Waals surface area contributed by atoms with E-state index in [1.807, 2.05) is 18.2 Å². The summed E-state index contributed by atoms with van der Waals surface area (Å²) in [5, 5.41) is 10.8. The molecule has 104 valence electrons. The number of nitrogens with one attached hydrogen (secondary N) is 3. The molecule has 1 aliphatic carbocycles. The lowest BCUT2D eigenvalue weighted by atomic mass is 9.96. The van der Waals surface area contributed by atoms with E-state index in [1.54, 1.807) is 0 Å². The summed E-state index contributed by atoms with van der Waals surface area (Å²) in [6.07, 6.45) is 6.54. The Balaban J connectivity index is 1.56. The zero-order chi connectivity index (χ0) is 13.3. The molecule has 0 aliphatic heterocycles. The molecule has 0 radical (unpaired) electrons. The van der Waals surface area contributed by atoms with Gasteiger partial charge in [0.15, 0.2) is 5.11 Å². The minimum Gasteiger partial charge on any atom is -0.383 e. The molecule has 4 heteroatoms. The topological polar surface area (TPSA) is 36.1 Å². The zero-order valence-electron chi connectivity index (χ0n) is 11.3. The van der Waals surface area contributed by atoms with E-state index in [2.05, 4.69) is 28.1 Å². The lowest BCUT2D eigenvalue weighted by Crippen LogP contribution is -2.43. The maximum absolute atomic E-state index is 5.31. The van der Waals surface area contributed by atoms with Crippen LogP contribution in [0.5, 0.6) is 0 Å². The van der Waals surface area contributed by atoms with Gasteiger partial charge in [-0.15, -0.1) is 0 Å². The number of hydrogen-bond donors (Lipinski definition) is 3. The van der Waals surface area contributed by atoms with Crippen molar-refractivity contribution < 1.29 is 0 Å². The van der Waals surface area contributed by atoms with E-state index in [4.69, 9.17) is 12.2 Å². The van der Waals surface area contributed by atoms with Gasteiger partial charge in [0.05, 0.1) is 0 Å². The molecule has 19 heavy (non-hydrogen) atoms. The van der Waals surface area contributed by atoms with Gasteiger partial charge >= 0.3 is 0 Å². The molecule has 1 aromatic rings. The number of thiocarbonyl (C=S) groups is 1. The van der Waals surface area contributed by atoms with Gasteiger partial charge in [-0.25, -0.2) is 0 Å². The third-order valence-corrected chi connectivity index (χ3v) is 3.72. The first kappa shape index (κ1) is 14.1. The number of benzene rings is 1. The fraction of sp³-hybridized carbons (Fsp3) is 0.533. The molecule has 0 amide bonds. The average molecular weight is 277 g/mol. The molecule has 3 nitrogen and oxygen atoms in total. The van der Waals surface area contributed by atoms with Crippen LogP contribution in [0.15, 0.2) is 30.3 Å². The van der Waals surface area contributed by atoms with Crippen molar-refractivity contribution in [2.75, 3.05) is 18.4 Å². The summed E-state index contributed by atoms with van der Waals surface area (Å²) in [6, 6.07) is 10.8. The first-order chi connectivity index (χ1) is 9.34. The molecular formula is C15H23N3S. The summed E-state index contributed by atoms with van der Waals surface area (Å²) >= 11 is 5.31. The Morgan fingerprint density at radius 2 is 1.79 bits per heavy atom. The van der Waals surface area contributed by atoms with Crippen LogP contribution in [0.3, 0.4) is 0 Å². The quantitative estimate of drug-likeness (QED) is 0.571. The van der Waals surface area contributed by atoms with Crippen LogP contribution in [0.4, 0.5) is 5.69 Å². The maximum atomic E-state index is 5.31. The molecule has 0 spiro atoms. The van der Waals surface area contributed by atoms with Crippen LogP contribution in [0.25, 0.3) is 0 Å². The van der Waals surface area contributed by atoms with Gasteiger partial charge in [0.25, 0.3) is 0 Å². The summed E-state index contributed by atoms with van der Waals surface area (Å²) in [7, 11) is 0. The molecule has 2 rings (SSSR count). The van der Waals surface area contributed by atoms with E-state index in [1.165, 1.54) is 32.1 Å². The van der Waals surface area contributed by atoms with Gasteiger partial charge in [0.1, 0.15) is 0 Å². The fourth-order valence-electron chi connectivity index (χ4n) is 2.42. The van der Waals surface area contributed by atoms with E-state index in [0.717, 1.165) is 23.9 Å². The van der Waals surface area contributed by atoms with Crippen molar-refractivity contribution in [3.8, 4) is 0 Å². The van der Waals surface area contributed by atoms with Crippen molar-refractivity contribution >= 4 is 23.0 Å². The summed E-state index contributed by atoms with van der Waals surface area (Å²) < 4.78 is 0. The van der Waals surface area contributed by atoms with Crippen molar-refractivity contribution in [2.45, 2.75) is 38.1 Å². The van der Waals surface area contributed by atoms with E-state index in [0.29, 0.717) is 6.04 Å². The van der Waals surface area contributed by atoms with Crippen molar-refractivity contribution in [3.63, 3.8) is 0 Å². The Hall–Kier alpha value is -1.29. The predicted molar refractivity (Wildman–Crippen MR) is 85.5 cm³/mol. The Bertz CT molecular complexity index is 374. The van der Waals surface area contributed by atoms with Crippen LogP contribution in [0.2, 0.25) is 0 Å². The third kappa shape index (κ3) is 5.47. The van der Waals surface area contributed by atoms with Gasteiger partial charge < -0.3 is 16.0 Å². The average Bonchev–Trinajstić information content (AvgIpc) is 2.46. The smallest absolute Gasteiger partial charge is 0.166 e. The first-order valence-electron chi connectivity index (χ1n) is 7.18. The fourth-order valence-corrected chi connectivity index (χ4v) is 2.69. The summed E-state index contributed by atoms with van der Waals surface area (Å²) in [5.74, 6) is 0. The van der Waals surface area contributed by atoms with Gasteiger partial charge in [-0.1, -0.05) is 37.5 Å². The van der Waals surface area contributed by atoms with E-state index in [9.17, 15) is 0 Å². The second kappa shape index (κ2) is 8.00. The number of para-hydroxylation sites is 1. The standard InChI is InChI=1S/C15H23N3S/c19-15(18-14-9-5-2-6-10-14)17-12-11-16-13-7-3-1-4-8-13/h1,3-4,7-8,14,16H,2,5-6,9-12H2,(H2,17,18,19). The van der Waals surface area contributed by atoms with Gasteiger partial charge in [-0.05, 0) is 37.2 Å². The highest BCUT2D eigenvalue weighted by molar-refractivity contribution is 7.80.